The summed E-state index contributed by atoms with van der Waals surface area (Å²) >= 11 is 0. The first kappa shape index (κ1) is 15.4. The van der Waals surface area contributed by atoms with Crippen molar-refractivity contribution in [3.63, 3.8) is 0 Å². The molecule has 1 N–H and O–H groups in total. The highest BCUT2D eigenvalue weighted by Crippen LogP contribution is 2.24. The molecule has 0 aromatic carbocycles. The van der Waals surface area contributed by atoms with Crippen LogP contribution < -0.4 is 0 Å². The van der Waals surface area contributed by atoms with Crippen LogP contribution >= 0.6 is 0 Å². The zero-order valence-corrected chi connectivity index (χ0v) is 13.6. The van der Waals surface area contributed by atoms with Crippen LogP contribution in [-0.2, 0) is 13.0 Å². The predicted molar refractivity (Wildman–Crippen MR) is 87.8 cm³/mol. The van der Waals surface area contributed by atoms with E-state index in [9.17, 15) is 0 Å². The summed E-state index contributed by atoms with van der Waals surface area (Å²) in [5, 5.41) is 9.15. The van der Waals surface area contributed by atoms with Crippen molar-refractivity contribution in [2.24, 2.45) is 5.92 Å². The van der Waals surface area contributed by atoms with E-state index in [1.54, 1.807) is 0 Å². The Morgan fingerprint density at radius 2 is 2.27 bits per heavy atom. The third-order valence-corrected chi connectivity index (χ3v) is 4.64. The van der Waals surface area contributed by atoms with E-state index in [1.807, 2.05) is 18.3 Å². The number of imidazole rings is 1. The molecule has 0 amide bonds. The van der Waals surface area contributed by atoms with Gasteiger partial charge in [0.15, 0.2) is 5.65 Å². The Morgan fingerprint density at radius 1 is 1.41 bits per heavy atom. The van der Waals surface area contributed by atoms with E-state index in [1.165, 1.54) is 13.0 Å². The van der Waals surface area contributed by atoms with Gasteiger partial charge >= 0.3 is 0 Å². The number of aliphatic hydroxyl groups is 1. The molecule has 3 rings (SSSR count). The largest absolute Gasteiger partial charge is 0.396 e. The average molecular weight is 302 g/mol. The van der Waals surface area contributed by atoms with Gasteiger partial charge in [-0.05, 0) is 51.3 Å². The van der Waals surface area contributed by atoms with Gasteiger partial charge in [0.05, 0.1) is 0 Å². The van der Waals surface area contributed by atoms with Crippen molar-refractivity contribution >= 4 is 11.2 Å². The molecule has 1 aliphatic heterocycles. The number of rotatable bonds is 6. The van der Waals surface area contributed by atoms with Crippen molar-refractivity contribution in [1.29, 1.82) is 0 Å². The molecule has 0 aliphatic carbocycles. The molecule has 0 bridgehead atoms. The summed E-state index contributed by atoms with van der Waals surface area (Å²) in [5.74, 6) is 1.80. The molecule has 22 heavy (non-hydrogen) atoms. The van der Waals surface area contributed by atoms with E-state index in [4.69, 9.17) is 10.1 Å². The lowest BCUT2D eigenvalue weighted by Gasteiger charge is -2.20. The molecule has 2 aromatic rings. The van der Waals surface area contributed by atoms with Crippen LogP contribution in [0.2, 0.25) is 0 Å². The number of likely N-dealkylation sites (tertiary alicyclic amines) is 1. The average Bonchev–Trinajstić information content (AvgIpc) is 3.10. The third-order valence-electron chi connectivity index (χ3n) is 4.64. The first-order valence-electron chi connectivity index (χ1n) is 8.34. The van der Waals surface area contributed by atoms with Crippen molar-refractivity contribution < 1.29 is 5.11 Å². The minimum absolute atomic E-state index is 0.205. The molecule has 0 spiro atoms. The lowest BCUT2D eigenvalue weighted by molar-refractivity contribution is 0.263. The topological polar surface area (TPSA) is 54.2 Å². The lowest BCUT2D eigenvalue weighted by Crippen LogP contribution is -2.28. The summed E-state index contributed by atoms with van der Waals surface area (Å²) in [6, 6.07) is 4.59. The van der Waals surface area contributed by atoms with Gasteiger partial charge in [0.2, 0.25) is 0 Å². The highest BCUT2D eigenvalue weighted by molar-refractivity contribution is 5.71. The first-order valence-corrected chi connectivity index (χ1v) is 8.34. The molecule has 1 atom stereocenters. The molecule has 0 radical (unpaired) electrons. The fraction of sp³-hybridized carbons (Fsp3) is 0.647. The maximum atomic E-state index is 9.15. The molecule has 2 aromatic heterocycles. The number of fused-ring (bicyclic) bond motifs is 1. The molecule has 1 aliphatic rings. The maximum absolute atomic E-state index is 9.15. The SMILES string of the molecule is CC(C)N1CCC(Cc2nc3cccnc3n2CCCO)C1. The Kier molecular flexibility index (Phi) is 4.74. The van der Waals surface area contributed by atoms with Gasteiger partial charge < -0.3 is 14.6 Å². The summed E-state index contributed by atoms with van der Waals surface area (Å²) in [7, 11) is 0. The standard InChI is InChI=1S/C17H26N4O/c1-13(2)20-9-6-14(12-20)11-16-19-15-5-3-7-18-17(15)21(16)8-4-10-22/h3,5,7,13-14,22H,4,6,8-12H2,1-2H3. The van der Waals surface area contributed by atoms with Gasteiger partial charge in [0.25, 0.3) is 0 Å². The van der Waals surface area contributed by atoms with Crippen LogP contribution in [0.25, 0.3) is 11.2 Å². The van der Waals surface area contributed by atoms with Crippen LogP contribution in [0.4, 0.5) is 0 Å². The summed E-state index contributed by atoms with van der Waals surface area (Å²) in [6.45, 7) is 7.88. The molecule has 5 heteroatoms. The zero-order chi connectivity index (χ0) is 15.5. The number of hydrogen-bond donors (Lipinski definition) is 1. The first-order chi connectivity index (χ1) is 10.7. The quantitative estimate of drug-likeness (QED) is 0.888. The van der Waals surface area contributed by atoms with Crippen molar-refractivity contribution in [3.8, 4) is 0 Å². The number of aryl methyl sites for hydroxylation is 1. The van der Waals surface area contributed by atoms with Crippen LogP contribution in [0.1, 0.15) is 32.5 Å². The molecular formula is C17H26N4O. The Labute approximate surface area is 132 Å². The Bertz CT molecular complexity index is 622. The molecular weight excluding hydrogens is 276 g/mol. The molecule has 3 heterocycles. The number of nitrogens with zero attached hydrogens (tertiary/aromatic N) is 4. The molecule has 1 fully saturated rings. The summed E-state index contributed by atoms with van der Waals surface area (Å²) in [6.07, 6.45) is 4.82. The van der Waals surface area contributed by atoms with Crippen LogP contribution in [-0.4, -0.2) is 50.3 Å². The zero-order valence-electron chi connectivity index (χ0n) is 13.6. The number of hydrogen-bond acceptors (Lipinski definition) is 4. The van der Waals surface area contributed by atoms with Gasteiger partial charge in [0, 0.05) is 38.4 Å². The molecule has 120 valence electrons. The summed E-state index contributed by atoms with van der Waals surface area (Å²) < 4.78 is 2.20. The Balaban J connectivity index is 1.80. The van der Waals surface area contributed by atoms with Crippen LogP contribution in [0.15, 0.2) is 18.3 Å². The van der Waals surface area contributed by atoms with E-state index in [0.29, 0.717) is 12.0 Å². The maximum Gasteiger partial charge on any atom is 0.159 e. The lowest BCUT2D eigenvalue weighted by atomic mass is 10.0. The second kappa shape index (κ2) is 6.75. The highest BCUT2D eigenvalue weighted by atomic mass is 16.3. The monoisotopic (exact) mass is 302 g/mol. The normalized spacial score (nSPS) is 19.5. The fourth-order valence-electron chi connectivity index (χ4n) is 3.38. The second-order valence-corrected chi connectivity index (χ2v) is 6.55. The smallest absolute Gasteiger partial charge is 0.159 e. The van der Waals surface area contributed by atoms with E-state index >= 15 is 0 Å². The minimum atomic E-state index is 0.205. The highest BCUT2D eigenvalue weighted by Gasteiger charge is 2.26. The van der Waals surface area contributed by atoms with Crippen LogP contribution in [0.3, 0.4) is 0 Å². The number of aliphatic hydroxyl groups excluding tert-OH is 1. The van der Waals surface area contributed by atoms with Crippen molar-refractivity contribution in [2.45, 2.75) is 45.7 Å². The second-order valence-electron chi connectivity index (χ2n) is 6.55. The van der Waals surface area contributed by atoms with Crippen molar-refractivity contribution in [3.05, 3.63) is 24.2 Å². The minimum Gasteiger partial charge on any atom is -0.396 e. The number of pyridine rings is 1. The van der Waals surface area contributed by atoms with E-state index in [2.05, 4.69) is 28.3 Å². The molecule has 5 nitrogen and oxygen atoms in total. The predicted octanol–water partition coefficient (Wildman–Crippen LogP) is 2.09. The Hall–Kier alpha value is -1.46. The van der Waals surface area contributed by atoms with Crippen LogP contribution in [0, 0.1) is 5.92 Å². The summed E-state index contributed by atoms with van der Waals surface area (Å²) in [4.78, 5) is 11.8. The van der Waals surface area contributed by atoms with Crippen LogP contribution in [0.5, 0.6) is 0 Å². The van der Waals surface area contributed by atoms with Gasteiger partial charge in [-0.3, -0.25) is 0 Å². The molecule has 0 saturated carbocycles. The van der Waals surface area contributed by atoms with E-state index in [0.717, 1.165) is 42.9 Å². The third kappa shape index (κ3) is 3.15. The van der Waals surface area contributed by atoms with Crippen molar-refractivity contribution in [2.75, 3.05) is 19.7 Å². The Morgan fingerprint density at radius 3 is 3.00 bits per heavy atom. The van der Waals surface area contributed by atoms with Gasteiger partial charge in [-0.25, -0.2) is 9.97 Å². The summed E-state index contributed by atoms with van der Waals surface area (Å²) in [5.41, 5.74) is 1.92. The van der Waals surface area contributed by atoms with E-state index < -0.39 is 0 Å². The van der Waals surface area contributed by atoms with Gasteiger partial charge in [-0.2, -0.15) is 0 Å². The number of aromatic nitrogens is 3. The van der Waals surface area contributed by atoms with Gasteiger partial charge in [0.1, 0.15) is 11.3 Å². The molecule has 1 saturated heterocycles. The fourth-order valence-corrected chi connectivity index (χ4v) is 3.38. The van der Waals surface area contributed by atoms with Crippen molar-refractivity contribution in [1.82, 2.24) is 19.4 Å². The van der Waals surface area contributed by atoms with E-state index in [-0.39, 0.29) is 6.61 Å². The van der Waals surface area contributed by atoms with Gasteiger partial charge in [-0.15, -0.1) is 0 Å². The molecule has 1 unspecified atom stereocenters. The van der Waals surface area contributed by atoms with Gasteiger partial charge in [-0.1, -0.05) is 0 Å².